The van der Waals surface area contributed by atoms with Crippen LogP contribution < -0.4 is 5.32 Å². The summed E-state index contributed by atoms with van der Waals surface area (Å²) in [6, 6.07) is 7.00. The maximum atomic E-state index is 11.3. The molecule has 2 N–H and O–H groups in total. The Morgan fingerprint density at radius 3 is 2.53 bits per heavy atom. The fraction of sp³-hybridized carbons (Fsp3) is 0.417. The molecule has 1 aliphatic carbocycles. The van der Waals surface area contributed by atoms with Crippen LogP contribution in [0.5, 0.6) is 0 Å². The molecule has 17 heavy (non-hydrogen) atoms. The number of benzene rings is 1. The van der Waals surface area contributed by atoms with E-state index in [9.17, 15) is 9.90 Å². The number of carboxylic acids is 1. The van der Waals surface area contributed by atoms with E-state index in [0.717, 1.165) is 5.69 Å². The number of methoxy groups -OCH3 is 1. The first-order valence-electron chi connectivity index (χ1n) is 5.36. The van der Waals surface area contributed by atoms with E-state index in [4.69, 9.17) is 16.3 Å². The minimum atomic E-state index is -0.908. The van der Waals surface area contributed by atoms with Gasteiger partial charge < -0.3 is 15.2 Å². The zero-order valence-electron chi connectivity index (χ0n) is 9.44. The predicted octanol–water partition coefficient (Wildman–Crippen LogP) is 2.38. The van der Waals surface area contributed by atoms with Gasteiger partial charge in [0.05, 0.1) is 6.10 Å². The molecule has 5 heteroatoms. The van der Waals surface area contributed by atoms with Crippen molar-refractivity contribution >= 4 is 23.3 Å². The molecule has 0 amide bonds. The molecule has 92 valence electrons. The maximum absolute atomic E-state index is 11.3. The third-order valence-electron chi connectivity index (χ3n) is 3.12. The van der Waals surface area contributed by atoms with Crippen LogP contribution in [-0.4, -0.2) is 29.8 Å². The van der Waals surface area contributed by atoms with Gasteiger partial charge in [-0.2, -0.15) is 0 Å². The summed E-state index contributed by atoms with van der Waals surface area (Å²) < 4.78 is 5.12. The minimum absolute atomic E-state index is 0.0194. The number of carboxylic acid groups (broad SMARTS) is 1. The number of rotatable bonds is 4. The summed E-state index contributed by atoms with van der Waals surface area (Å²) >= 11 is 5.77. The van der Waals surface area contributed by atoms with Gasteiger partial charge >= 0.3 is 5.97 Å². The Hall–Kier alpha value is -1.26. The fourth-order valence-corrected chi connectivity index (χ4v) is 2.15. The van der Waals surface area contributed by atoms with Gasteiger partial charge in [-0.05, 0) is 24.3 Å². The molecular formula is C12H14ClNO3. The van der Waals surface area contributed by atoms with Crippen LogP contribution in [0.4, 0.5) is 5.69 Å². The molecule has 0 atom stereocenters. The Kier molecular flexibility index (Phi) is 3.26. The van der Waals surface area contributed by atoms with Gasteiger partial charge in [0.2, 0.25) is 0 Å². The number of nitrogens with one attached hydrogen (secondary N) is 1. The van der Waals surface area contributed by atoms with Crippen molar-refractivity contribution in [2.45, 2.75) is 24.5 Å². The molecule has 0 heterocycles. The van der Waals surface area contributed by atoms with Crippen LogP contribution in [0.3, 0.4) is 0 Å². The molecular weight excluding hydrogens is 242 g/mol. The van der Waals surface area contributed by atoms with E-state index in [1.807, 2.05) is 0 Å². The van der Waals surface area contributed by atoms with Crippen LogP contribution in [0.2, 0.25) is 5.02 Å². The molecule has 1 fully saturated rings. The molecule has 0 spiro atoms. The van der Waals surface area contributed by atoms with Crippen LogP contribution in [0.25, 0.3) is 0 Å². The lowest BCUT2D eigenvalue weighted by Crippen LogP contribution is -2.59. The van der Waals surface area contributed by atoms with Gasteiger partial charge in [-0.3, -0.25) is 0 Å². The Labute approximate surface area is 105 Å². The van der Waals surface area contributed by atoms with Gasteiger partial charge in [-0.25, -0.2) is 4.79 Å². The third-order valence-corrected chi connectivity index (χ3v) is 3.37. The average molecular weight is 256 g/mol. The molecule has 1 aromatic carbocycles. The lowest BCUT2D eigenvalue weighted by molar-refractivity contribution is -0.151. The van der Waals surface area contributed by atoms with Gasteiger partial charge in [-0.15, -0.1) is 0 Å². The lowest BCUT2D eigenvalue weighted by atomic mass is 9.74. The summed E-state index contributed by atoms with van der Waals surface area (Å²) in [6.07, 6.45) is 0.967. The van der Waals surface area contributed by atoms with Gasteiger partial charge in [0.15, 0.2) is 0 Å². The van der Waals surface area contributed by atoms with Crippen molar-refractivity contribution in [3.05, 3.63) is 29.3 Å². The Morgan fingerprint density at radius 1 is 1.47 bits per heavy atom. The highest BCUT2D eigenvalue weighted by Gasteiger charge is 2.51. The highest BCUT2D eigenvalue weighted by atomic mass is 35.5. The quantitative estimate of drug-likeness (QED) is 0.867. The van der Waals surface area contributed by atoms with E-state index in [1.54, 1.807) is 31.4 Å². The van der Waals surface area contributed by atoms with Crippen molar-refractivity contribution in [1.82, 2.24) is 0 Å². The first-order chi connectivity index (χ1) is 8.05. The molecule has 1 aromatic rings. The Morgan fingerprint density at radius 2 is 2.06 bits per heavy atom. The van der Waals surface area contributed by atoms with E-state index < -0.39 is 11.5 Å². The third kappa shape index (κ3) is 2.37. The van der Waals surface area contributed by atoms with Gasteiger partial charge in [0.1, 0.15) is 5.54 Å². The maximum Gasteiger partial charge on any atom is 0.329 e. The van der Waals surface area contributed by atoms with Crippen molar-refractivity contribution in [2.24, 2.45) is 0 Å². The molecule has 4 nitrogen and oxygen atoms in total. The van der Waals surface area contributed by atoms with Crippen LogP contribution in [0.1, 0.15) is 12.8 Å². The first-order valence-corrected chi connectivity index (χ1v) is 5.73. The Bertz CT molecular complexity index is 412. The summed E-state index contributed by atoms with van der Waals surface area (Å²) in [5.41, 5.74) is -0.152. The number of hydrogen-bond donors (Lipinski definition) is 2. The minimum Gasteiger partial charge on any atom is -0.480 e. The van der Waals surface area contributed by atoms with Crippen molar-refractivity contribution in [3.63, 3.8) is 0 Å². The lowest BCUT2D eigenvalue weighted by Gasteiger charge is -2.44. The second-order valence-corrected chi connectivity index (χ2v) is 4.72. The summed E-state index contributed by atoms with van der Waals surface area (Å²) in [7, 11) is 1.60. The highest BCUT2D eigenvalue weighted by molar-refractivity contribution is 6.30. The van der Waals surface area contributed by atoms with Crippen LogP contribution in [0.15, 0.2) is 24.3 Å². The van der Waals surface area contributed by atoms with Crippen molar-refractivity contribution in [3.8, 4) is 0 Å². The molecule has 1 saturated carbocycles. The molecule has 2 rings (SSSR count). The zero-order chi connectivity index (χ0) is 12.5. The zero-order valence-corrected chi connectivity index (χ0v) is 10.2. The number of ether oxygens (including phenoxy) is 1. The topological polar surface area (TPSA) is 58.6 Å². The summed E-state index contributed by atoms with van der Waals surface area (Å²) in [6.45, 7) is 0. The van der Waals surface area contributed by atoms with E-state index in [-0.39, 0.29) is 6.10 Å². The second kappa shape index (κ2) is 4.55. The Balaban J connectivity index is 2.10. The number of aliphatic carboxylic acids is 1. The SMILES string of the molecule is COC1CC(Nc2ccc(Cl)cc2)(C(=O)O)C1. The molecule has 0 unspecified atom stereocenters. The molecule has 0 saturated heterocycles. The van der Waals surface area contributed by atoms with Crippen LogP contribution in [0, 0.1) is 0 Å². The smallest absolute Gasteiger partial charge is 0.329 e. The number of hydrogen-bond acceptors (Lipinski definition) is 3. The largest absolute Gasteiger partial charge is 0.480 e. The van der Waals surface area contributed by atoms with Crippen molar-refractivity contribution < 1.29 is 14.6 Å². The monoisotopic (exact) mass is 255 g/mol. The highest BCUT2D eigenvalue weighted by Crippen LogP contribution is 2.37. The fourth-order valence-electron chi connectivity index (χ4n) is 2.02. The van der Waals surface area contributed by atoms with E-state index in [2.05, 4.69) is 5.32 Å². The molecule has 0 aromatic heterocycles. The van der Waals surface area contributed by atoms with Crippen LogP contribution >= 0.6 is 11.6 Å². The first kappa shape index (κ1) is 12.2. The van der Waals surface area contributed by atoms with Crippen LogP contribution in [-0.2, 0) is 9.53 Å². The van der Waals surface area contributed by atoms with Crippen molar-refractivity contribution in [1.29, 1.82) is 0 Å². The average Bonchev–Trinajstić information content (AvgIpc) is 2.25. The van der Waals surface area contributed by atoms with E-state index >= 15 is 0 Å². The second-order valence-electron chi connectivity index (χ2n) is 4.29. The number of anilines is 1. The molecule has 0 bridgehead atoms. The van der Waals surface area contributed by atoms with E-state index in [1.165, 1.54) is 0 Å². The predicted molar refractivity (Wildman–Crippen MR) is 65.5 cm³/mol. The van der Waals surface area contributed by atoms with Gasteiger partial charge in [0, 0.05) is 30.7 Å². The molecule has 1 aliphatic rings. The van der Waals surface area contributed by atoms with E-state index in [0.29, 0.717) is 17.9 Å². The summed E-state index contributed by atoms with van der Waals surface area (Å²) in [5.74, 6) is -0.847. The van der Waals surface area contributed by atoms with Gasteiger partial charge in [-0.1, -0.05) is 11.6 Å². The number of carbonyl (C=O) groups is 1. The molecule has 0 radical (unpaired) electrons. The van der Waals surface area contributed by atoms with Gasteiger partial charge in [0.25, 0.3) is 0 Å². The van der Waals surface area contributed by atoms with Crippen molar-refractivity contribution in [2.75, 3.05) is 12.4 Å². The number of halogens is 1. The standard InChI is InChI=1S/C12H14ClNO3/c1-17-10-6-12(7-10,11(15)16)14-9-4-2-8(13)3-5-9/h2-5,10,14H,6-7H2,1H3,(H,15,16). The summed E-state index contributed by atoms with van der Waals surface area (Å²) in [4.78, 5) is 11.3. The summed E-state index contributed by atoms with van der Waals surface area (Å²) in [5, 5.41) is 12.9. The normalized spacial score (nSPS) is 27.3. The molecule has 0 aliphatic heterocycles.